The third-order valence-electron chi connectivity index (χ3n) is 5.70. The summed E-state index contributed by atoms with van der Waals surface area (Å²) in [5.41, 5.74) is 0.797. The molecule has 1 saturated carbocycles. The van der Waals surface area contributed by atoms with Crippen molar-refractivity contribution in [3.8, 4) is 11.4 Å². The first kappa shape index (κ1) is 18.9. The fourth-order valence-corrected chi connectivity index (χ4v) is 4.55. The summed E-state index contributed by atoms with van der Waals surface area (Å²) in [6, 6.07) is 5.85. The van der Waals surface area contributed by atoms with Crippen molar-refractivity contribution in [1.29, 1.82) is 0 Å². The number of hydrogen-bond acceptors (Lipinski definition) is 6. The Morgan fingerprint density at radius 1 is 1.13 bits per heavy atom. The van der Waals surface area contributed by atoms with Crippen LogP contribution in [0.5, 0.6) is 0 Å². The number of anilines is 1. The highest BCUT2D eigenvalue weighted by atomic mass is 35.5. The number of nitrogens with one attached hydrogen (secondary N) is 1. The molecule has 2 aromatic heterocycles. The highest BCUT2D eigenvalue weighted by Crippen LogP contribution is 2.40. The fraction of sp³-hybridized carbons (Fsp3) is 0.286. The van der Waals surface area contributed by atoms with Crippen LogP contribution in [-0.2, 0) is 0 Å². The third kappa shape index (κ3) is 3.47. The summed E-state index contributed by atoms with van der Waals surface area (Å²) in [5, 5.41) is 3.78. The molecule has 3 atom stereocenters. The second kappa shape index (κ2) is 7.60. The topological polar surface area (TPSA) is 83.9 Å². The number of carbonyl (C=O) groups is 1. The Bertz CT molecular complexity index is 1080. The monoisotopic (exact) mass is 424 g/mol. The van der Waals surface area contributed by atoms with Crippen molar-refractivity contribution in [1.82, 2.24) is 24.8 Å². The zero-order chi connectivity index (χ0) is 20.7. The van der Waals surface area contributed by atoms with Gasteiger partial charge in [-0.15, -0.1) is 0 Å². The van der Waals surface area contributed by atoms with Gasteiger partial charge in [0.05, 0.1) is 29.0 Å². The number of aromatic nitrogens is 4. The molecular weight excluding hydrogens is 407 g/mol. The van der Waals surface area contributed by atoms with E-state index in [-0.39, 0.29) is 23.6 Å². The summed E-state index contributed by atoms with van der Waals surface area (Å²) >= 11 is 5.86. The molecule has 0 spiro atoms. The summed E-state index contributed by atoms with van der Waals surface area (Å²) in [5.74, 6) is 0.580. The molecule has 3 heterocycles. The SMILES string of the molecule is O=C(c1cc(F)ccc1-c1ncccn1)N1C[C@@H]2C[C@@H](Nc3ncc(Cl)cn3)[C@@H]1C2. The largest absolute Gasteiger partial charge is 0.349 e. The van der Waals surface area contributed by atoms with E-state index in [0.717, 1.165) is 12.8 Å². The van der Waals surface area contributed by atoms with Crippen LogP contribution in [-0.4, -0.2) is 49.4 Å². The van der Waals surface area contributed by atoms with Gasteiger partial charge >= 0.3 is 0 Å². The molecule has 1 aliphatic carbocycles. The quantitative estimate of drug-likeness (QED) is 0.690. The molecular formula is C21H18ClFN6O. The van der Waals surface area contributed by atoms with Gasteiger partial charge < -0.3 is 10.2 Å². The first-order valence-electron chi connectivity index (χ1n) is 9.70. The number of carbonyl (C=O) groups excluding carboxylic acids is 1. The van der Waals surface area contributed by atoms with Gasteiger partial charge in [0.15, 0.2) is 5.82 Å². The molecule has 2 aliphatic rings. The van der Waals surface area contributed by atoms with E-state index < -0.39 is 5.82 Å². The molecule has 1 saturated heterocycles. The molecule has 0 unspecified atom stereocenters. The van der Waals surface area contributed by atoms with Gasteiger partial charge in [0.2, 0.25) is 5.95 Å². The minimum Gasteiger partial charge on any atom is -0.349 e. The molecule has 1 aliphatic heterocycles. The summed E-state index contributed by atoms with van der Waals surface area (Å²) in [4.78, 5) is 32.1. The Morgan fingerprint density at radius 2 is 1.90 bits per heavy atom. The first-order valence-corrected chi connectivity index (χ1v) is 10.1. The number of amides is 1. The van der Waals surface area contributed by atoms with Gasteiger partial charge in [-0.1, -0.05) is 11.6 Å². The van der Waals surface area contributed by atoms with Crippen molar-refractivity contribution >= 4 is 23.5 Å². The average molecular weight is 425 g/mol. The highest BCUT2D eigenvalue weighted by Gasteiger charge is 2.47. The van der Waals surface area contributed by atoms with Crippen molar-refractivity contribution in [2.75, 3.05) is 11.9 Å². The smallest absolute Gasteiger partial charge is 0.255 e. The Balaban J connectivity index is 1.42. The molecule has 2 bridgehead atoms. The number of halogens is 2. The second-order valence-electron chi connectivity index (χ2n) is 7.60. The number of hydrogen-bond donors (Lipinski definition) is 1. The van der Waals surface area contributed by atoms with Crippen LogP contribution in [0.25, 0.3) is 11.4 Å². The highest BCUT2D eigenvalue weighted by molar-refractivity contribution is 6.30. The molecule has 1 N–H and O–H groups in total. The average Bonchev–Trinajstić information content (AvgIpc) is 3.36. The lowest BCUT2D eigenvalue weighted by molar-refractivity contribution is 0.0692. The minimum absolute atomic E-state index is 0.0189. The van der Waals surface area contributed by atoms with E-state index in [1.807, 2.05) is 4.90 Å². The number of piperidine rings is 1. The van der Waals surface area contributed by atoms with E-state index in [4.69, 9.17) is 11.6 Å². The second-order valence-corrected chi connectivity index (χ2v) is 8.04. The summed E-state index contributed by atoms with van der Waals surface area (Å²) in [6.07, 6.45) is 8.09. The molecule has 5 rings (SSSR count). The van der Waals surface area contributed by atoms with Gasteiger partial charge in [-0.3, -0.25) is 4.79 Å². The number of fused-ring (bicyclic) bond motifs is 2. The molecule has 30 heavy (non-hydrogen) atoms. The molecule has 9 heteroatoms. The van der Waals surface area contributed by atoms with Crippen LogP contribution < -0.4 is 5.32 Å². The Kier molecular flexibility index (Phi) is 4.78. The van der Waals surface area contributed by atoms with Crippen LogP contribution >= 0.6 is 11.6 Å². The van der Waals surface area contributed by atoms with E-state index in [1.54, 1.807) is 24.5 Å². The van der Waals surface area contributed by atoms with Gasteiger partial charge in [0.1, 0.15) is 5.82 Å². The van der Waals surface area contributed by atoms with Gasteiger partial charge in [0, 0.05) is 30.5 Å². The van der Waals surface area contributed by atoms with Crippen molar-refractivity contribution in [3.05, 3.63) is 65.5 Å². The van der Waals surface area contributed by atoms with Crippen molar-refractivity contribution in [2.45, 2.75) is 24.9 Å². The van der Waals surface area contributed by atoms with Crippen molar-refractivity contribution in [3.63, 3.8) is 0 Å². The molecule has 152 valence electrons. The lowest BCUT2D eigenvalue weighted by atomic mass is 10.0. The molecule has 2 fully saturated rings. The number of benzene rings is 1. The molecule has 1 amide bonds. The maximum Gasteiger partial charge on any atom is 0.255 e. The number of nitrogens with zero attached hydrogens (tertiary/aromatic N) is 5. The van der Waals surface area contributed by atoms with Crippen molar-refractivity contribution < 1.29 is 9.18 Å². The lowest BCUT2D eigenvalue weighted by Crippen LogP contribution is -2.48. The predicted octanol–water partition coefficient (Wildman–Crippen LogP) is 3.44. The van der Waals surface area contributed by atoms with Crippen molar-refractivity contribution in [2.24, 2.45) is 5.92 Å². The maximum absolute atomic E-state index is 14.0. The van der Waals surface area contributed by atoms with E-state index >= 15 is 0 Å². The van der Waals surface area contributed by atoms with Gasteiger partial charge in [-0.05, 0) is 43.0 Å². The zero-order valence-corrected chi connectivity index (χ0v) is 16.6. The van der Waals surface area contributed by atoms with E-state index in [9.17, 15) is 9.18 Å². The van der Waals surface area contributed by atoms with Crippen LogP contribution in [0.3, 0.4) is 0 Å². The van der Waals surface area contributed by atoms with Crippen LogP contribution in [0.2, 0.25) is 5.02 Å². The van der Waals surface area contributed by atoms with Crippen LogP contribution in [0.1, 0.15) is 23.2 Å². The molecule has 1 aromatic carbocycles. The first-order chi connectivity index (χ1) is 14.6. The van der Waals surface area contributed by atoms with Crippen LogP contribution in [0.4, 0.5) is 10.3 Å². The Labute approximate surface area is 177 Å². The lowest BCUT2D eigenvalue weighted by Gasteiger charge is -2.34. The summed E-state index contributed by atoms with van der Waals surface area (Å²) < 4.78 is 14.0. The standard InChI is InChI=1S/C21H18ClFN6O/c22-13-9-26-21(27-10-13)28-17-6-12-7-18(17)29(11-12)20(30)16-8-14(23)2-3-15(16)19-24-4-1-5-25-19/h1-5,8-10,12,17-18H,6-7,11H2,(H,26,27,28)/t12-,17-,18+/m1/s1. The van der Waals surface area contributed by atoms with Crippen LogP contribution in [0, 0.1) is 11.7 Å². The fourth-order valence-electron chi connectivity index (χ4n) is 4.45. The minimum atomic E-state index is -0.466. The van der Waals surface area contributed by atoms with Gasteiger partial charge in [-0.25, -0.2) is 24.3 Å². The number of likely N-dealkylation sites (tertiary alicyclic amines) is 1. The van der Waals surface area contributed by atoms with Gasteiger partial charge in [-0.2, -0.15) is 0 Å². The van der Waals surface area contributed by atoms with E-state index in [0.29, 0.717) is 34.8 Å². The predicted molar refractivity (Wildman–Crippen MR) is 109 cm³/mol. The molecule has 3 aromatic rings. The normalized spacial score (nSPS) is 22.3. The van der Waals surface area contributed by atoms with E-state index in [1.165, 1.54) is 24.5 Å². The maximum atomic E-state index is 14.0. The van der Waals surface area contributed by atoms with Gasteiger partial charge in [0.25, 0.3) is 5.91 Å². The zero-order valence-electron chi connectivity index (χ0n) is 15.9. The summed E-state index contributed by atoms with van der Waals surface area (Å²) in [7, 11) is 0. The molecule has 0 radical (unpaired) electrons. The van der Waals surface area contributed by atoms with Crippen LogP contribution in [0.15, 0.2) is 49.1 Å². The van der Waals surface area contributed by atoms with E-state index in [2.05, 4.69) is 25.3 Å². The Hall–Kier alpha value is -3.13. The Morgan fingerprint density at radius 3 is 2.63 bits per heavy atom. The third-order valence-corrected chi connectivity index (χ3v) is 5.89. The number of rotatable bonds is 4. The summed E-state index contributed by atoms with van der Waals surface area (Å²) in [6.45, 7) is 0.648. The molecule has 7 nitrogen and oxygen atoms in total.